The van der Waals surface area contributed by atoms with E-state index in [9.17, 15) is 0 Å². The minimum atomic E-state index is 0.222. The molecule has 2 rings (SSSR count). The highest BCUT2D eigenvalue weighted by Crippen LogP contribution is 2.09. The number of aromatic hydroxyl groups is 1. The van der Waals surface area contributed by atoms with Crippen LogP contribution in [0, 0.1) is 0 Å². The average Bonchev–Trinajstić information content (AvgIpc) is 2.39. The Hall–Kier alpha value is -1.13. The van der Waals surface area contributed by atoms with Crippen LogP contribution in [0.5, 0.6) is 5.75 Å². The molecule has 0 spiro atoms. The van der Waals surface area contributed by atoms with Crippen molar-refractivity contribution < 1.29 is 5.11 Å². The normalized spacial score (nSPS) is 18.7. The van der Waals surface area contributed by atoms with Gasteiger partial charge in [-0.2, -0.15) is 0 Å². The van der Waals surface area contributed by atoms with Gasteiger partial charge in [0.15, 0.2) is 0 Å². The van der Waals surface area contributed by atoms with Crippen molar-refractivity contribution >= 4 is 0 Å². The molecule has 0 saturated carbocycles. The molecule has 100 valence electrons. The summed E-state index contributed by atoms with van der Waals surface area (Å²) in [6, 6.07) is 4.01. The Morgan fingerprint density at radius 1 is 1.33 bits per heavy atom. The number of nitrogens with zero attached hydrogens (tertiary/aromatic N) is 2. The van der Waals surface area contributed by atoms with Crippen molar-refractivity contribution in [1.29, 1.82) is 0 Å². The third kappa shape index (κ3) is 4.27. The van der Waals surface area contributed by atoms with Gasteiger partial charge in [-0.05, 0) is 45.0 Å². The molecule has 1 saturated heterocycles. The number of pyridine rings is 1. The lowest BCUT2D eigenvalue weighted by molar-refractivity contribution is 0.208. The minimum Gasteiger partial charge on any atom is -0.506 e. The summed E-state index contributed by atoms with van der Waals surface area (Å²) >= 11 is 0. The molecule has 0 aliphatic carbocycles. The molecule has 1 aromatic heterocycles. The van der Waals surface area contributed by atoms with E-state index in [1.54, 1.807) is 6.07 Å². The van der Waals surface area contributed by atoms with Gasteiger partial charge >= 0.3 is 0 Å². The molecule has 1 fully saturated rings. The van der Waals surface area contributed by atoms with Gasteiger partial charge in [0.1, 0.15) is 5.75 Å². The quantitative estimate of drug-likeness (QED) is 0.834. The SMILES string of the molecule is CC(CN1CCCCC1)NCc1ccc(O)cn1. The number of aromatic nitrogens is 1. The fraction of sp³-hybridized carbons (Fsp3) is 0.643. The van der Waals surface area contributed by atoms with Gasteiger partial charge in [0.05, 0.1) is 11.9 Å². The molecule has 1 atom stereocenters. The fourth-order valence-corrected chi connectivity index (χ4v) is 2.39. The Balaban J connectivity index is 1.70. The van der Waals surface area contributed by atoms with E-state index in [0.29, 0.717) is 6.04 Å². The van der Waals surface area contributed by atoms with Crippen molar-refractivity contribution in [3.8, 4) is 5.75 Å². The molecular weight excluding hydrogens is 226 g/mol. The Labute approximate surface area is 109 Å². The van der Waals surface area contributed by atoms with Crippen LogP contribution < -0.4 is 5.32 Å². The van der Waals surface area contributed by atoms with E-state index in [1.165, 1.54) is 38.5 Å². The lowest BCUT2D eigenvalue weighted by Crippen LogP contribution is -2.41. The number of nitrogens with one attached hydrogen (secondary N) is 1. The number of rotatable bonds is 5. The first-order valence-electron chi connectivity index (χ1n) is 6.83. The molecule has 0 aromatic carbocycles. The number of hydrogen-bond donors (Lipinski definition) is 2. The maximum atomic E-state index is 9.16. The summed E-state index contributed by atoms with van der Waals surface area (Å²) in [5, 5.41) is 12.6. The van der Waals surface area contributed by atoms with Crippen LogP contribution in [0.3, 0.4) is 0 Å². The second-order valence-electron chi connectivity index (χ2n) is 5.15. The molecule has 4 nitrogen and oxygen atoms in total. The van der Waals surface area contributed by atoms with Crippen LogP contribution in [0.4, 0.5) is 0 Å². The van der Waals surface area contributed by atoms with E-state index < -0.39 is 0 Å². The van der Waals surface area contributed by atoms with Crippen molar-refractivity contribution in [3.63, 3.8) is 0 Å². The van der Waals surface area contributed by atoms with Gasteiger partial charge in [-0.15, -0.1) is 0 Å². The first-order valence-corrected chi connectivity index (χ1v) is 6.83. The molecule has 1 aliphatic rings. The second-order valence-corrected chi connectivity index (χ2v) is 5.15. The average molecular weight is 249 g/mol. The predicted octanol–water partition coefficient (Wildman–Crippen LogP) is 1.75. The maximum absolute atomic E-state index is 9.16. The van der Waals surface area contributed by atoms with Crippen LogP contribution in [0.15, 0.2) is 18.3 Å². The molecular formula is C14H23N3O. The zero-order chi connectivity index (χ0) is 12.8. The van der Waals surface area contributed by atoms with Crippen molar-refractivity contribution in [2.24, 2.45) is 0 Å². The molecule has 1 aliphatic heterocycles. The van der Waals surface area contributed by atoms with Gasteiger partial charge in [0, 0.05) is 19.1 Å². The van der Waals surface area contributed by atoms with Crippen molar-refractivity contribution in [3.05, 3.63) is 24.0 Å². The van der Waals surface area contributed by atoms with E-state index in [2.05, 4.69) is 22.1 Å². The molecule has 18 heavy (non-hydrogen) atoms. The van der Waals surface area contributed by atoms with Gasteiger partial charge in [-0.1, -0.05) is 6.42 Å². The van der Waals surface area contributed by atoms with Crippen molar-refractivity contribution in [2.45, 2.75) is 38.8 Å². The molecule has 0 bridgehead atoms. The first kappa shape index (κ1) is 13.3. The monoisotopic (exact) mass is 249 g/mol. The summed E-state index contributed by atoms with van der Waals surface area (Å²) in [6.45, 7) is 6.56. The molecule has 0 amide bonds. The van der Waals surface area contributed by atoms with Gasteiger partial charge in [-0.3, -0.25) is 4.98 Å². The molecule has 1 aromatic rings. The second kappa shape index (κ2) is 6.71. The summed E-state index contributed by atoms with van der Waals surface area (Å²) in [5.74, 6) is 0.222. The summed E-state index contributed by atoms with van der Waals surface area (Å²) in [7, 11) is 0. The number of hydrogen-bond acceptors (Lipinski definition) is 4. The molecule has 2 N–H and O–H groups in total. The molecule has 4 heteroatoms. The minimum absolute atomic E-state index is 0.222. The Morgan fingerprint density at radius 2 is 2.11 bits per heavy atom. The highest BCUT2D eigenvalue weighted by Gasteiger charge is 2.12. The first-order chi connectivity index (χ1) is 8.74. The molecule has 2 heterocycles. The third-order valence-electron chi connectivity index (χ3n) is 3.42. The van der Waals surface area contributed by atoms with Crippen molar-refractivity contribution in [2.75, 3.05) is 19.6 Å². The largest absolute Gasteiger partial charge is 0.506 e. The standard InChI is InChI=1S/C14H23N3O/c1-12(11-17-7-3-2-4-8-17)15-9-13-5-6-14(18)10-16-13/h5-6,10,12,15,18H,2-4,7-9,11H2,1H3. The number of likely N-dealkylation sites (tertiary alicyclic amines) is 1. The summed E-state index contributed by atoms with van der Waals surface area (Å²) in [6.07, 6.45) is 5.56. The fourth-order valence-electron chi connectivity index (χ4n) is 2.39. The van der Waals surface area contributed by atoms with Crippen LogP contribution >= 0.6 is 0 Å². The van der Waals surface area contributed by atoms with Crippen LogP contribution in [0.2, 0.25) is 0 Å². The van der Waals surface area contributed by atoms with E-state index in [-0.39, 0.29) is 5.75 Å². The zero-order valence-electron chi connectivity index (χ0n) is 11.1. The van der Waals surface area contributed by atoms with E-state index in [1.807, 2.05) is 6.07 Å². The number of piperidine rings is 1. The maximum Gasteiger partial charge on any atom is 0.133 e. The summed E-state index contributed by atoms with van der Waals surface area (Å²) < 4.78 is 0. The lowest BCUT2D eigenvalue weighted by atomic mass is 10.1. The van der Waals surface area contributed by atoms with Gasteiger partial charge in [0.25, 0.3) is 0 Å². The van der Waals surface area contributed by atoms with E-state index in [4.69, 9.17) is 5.11 Å². The molecule has 0 radical (unpaired) electrons. The van der Waals surface area contributed by atoms with E-state index >= 15 is 0 Å². The third-order valence-corrected chi connectivity index (χ3v) is 3.42. The van der Waals surface area contributed by atoms with Gasteiger partial charge in [-0.25, -0.2) is 0 Å². The van der Waals surface area contributed by atoms with Crippen LogP contribution in [-0.4, -0.2) is 40.7 Å². The van der Waals surface area contributed by atoms with Gasteiger partial charge in [0.2, 0.25) is 0 Å². The smallest absolute Gasteiger partial charge is 0.133 e. The highest BCUT2D eigenvalue weighted by atomic mass is 16.3. The van der Waals surface area contributed by atoms with Gasteiger partial charge < -0.3 is 15.3 Å². The Morgan fingerprint density at radius 3 is 2.78 bits per heavy atom. The van der Waals surface area contributed by atoms with Crippen molar-refractivity contribution in [1.82, 2.24) is 15.2 Å². The Kier molecular flexibility index (Phi) is 4.96. The lowest BCUT2D eigenvalue weighted by Gasteiger charge is -2.29. The van der Waals surface area contributed by atoms with Crippen LogP contribution in [0.25, 0.3) is 0 Å². The predicted molar refractivity (Wildman–Crippen MR) is 72.5 cm³/mol. The topological polar surface area (TPSA) is 48.4 Å². The molecule has 1 unspecified atom stereocenters. The highest BCUT2D eigenvalue weighted by molar-refractivity contribution is 5.17. The summed E-state index contributed by atoms with van der Waals surface area (Å²) in [4.78, 5) is 6.70. The summed E-state index contributed by atoms with van der Waals surface area (Å²) in [5.41, 5.74) is 0.971. The van der Waals surface area contributed by atoms with Crippen LogP contribution in [0.1, 0.15) is 31.9 Å². The van der Waals surface area contributed by atoms with E-state index in [0.717, 1.165) is 18.8 Å². The zero-order valence-corrected chi connectivity index (χ0v) is 11.1. The Bertz CT molecular complexity index is 347. The van der Waals surface area contributed by atoms with Crippen LogP contribution in [-0.2, 0) is 6.54 Å².